The Labute approximate surface area is 150 Å². The van der Waals surface area contributed by atoms with Crippen molar-refractivity contribution in [3.8, 4) is 11.5 Å². The smallest absolute Gasteiger partial charge is 0.258 e. The molecule has 7 heteroatoms. The highest BCUT2D eigenvalue weighted by Gasteiger charge is 2.15. The van der Waals surface area contributed by atoms with E-state index in [2.05, 4.69) is 4.98 Å². The molecule has 3 aromatic rings. The molecule has 7 nitrogen and oxygen atoms in total. The summed E-state index contributed by atoms with van der Waals surface area (Å²) in [5.74, 6) is 0.0404. The Morgan fingerprint density at radius 2 is 2.00 bits per heavy atom. The number of nitrogens with zero attached hydrogens (tertiary/aromatic N) is 3. The predicted molar refractivity (Wildman–Crippen MR) is 97.1 cm³/mol. The Bertz CT molecular complexity index is 970. The highest BCUT2D eigenvalue weighted by Crippen LogP contribution is 2.20. The zero-order valence-corrected chi connectivity index (χ0v) is 14.4. The van der Waals surface area contributed by atoms with Crippen molar-refractivity contribution in [1.82, 2.24) is 14.3 Å². The second kappa shape index (κ2) is 7.55. The van der Waals surface area contributed by atoms with Crippen LogP contribution in [0.5, 0.6) is 11.5 Å². The van der Waals surface area contributed by atoms with Gasteiger partial charge in [-0.1, -0.05) is 19.1 Å². The fraction of sp³-hybridized carbons (Fsp3) is 0.263. The molecule has 0 aliphatic heterocycles. The van der Waals surface area contributed by atoms with Crippen LogP contribution < -0.4 is 5.56 Å². The number of aliphatic hydroxyl groups is 1. The number of rotatable bonds is 6. The first-order valence-electron chi connectivity index (χ1n) is 8.37. The van der Waals surface area contributed by atoms with Gasteiger partial charge in [-0.25, -0.2) is 4.98 Å². The summed E-state index contributed by atoms with van der Waals surface area (Å²) in [6, 6.07) is 11.0. The first-order valence-corrected chi connectivity index (χ1v) is 8.37. The highest BCUT2D eigenvalue weighted by atomic mass is 16.3. The summed E-state index contributed by atoms with van der Waals surface area (Å²) in [5.41, 5.74) is 1.07. The largest absolute Gasteiger partial charge is 0.508 e. The first kappa shape index (κ1) is 17.9. The van der Waals surface area contributed by atoms with E-state index in [0.717, 1.165) is 0 Å². The fourth-order valence-electron chi connectivity index (χ4n) is 2.86. The van der Waals surface area contributed by atoms with Gasteiger partial charge in [0.15, 0.2) is 11.4 Å². The van der Waals surface area contributed by atoms with Crippen LogP contribution in [-0.2, 0) is 6.54 Å². The Hall–Kier alpha value is -2.90. The van der Waals surface area contributed by atoms with Crippen LogP contribution in [0.25, 0.3) is 5.65 Å². The lowest BCUT2D eigenvalue weighted by Gasteiger charge is -2.23. The molecule has 0 amide bonds. The molecule has 0 spiro atoms. The van der Waals surface area contributed by atoms with Crippen molar-refractivity contribution in [2.24, 2.45) is 0 Å². The van der Waals surface area contributed by atoms with Gasteiger partial charge in [-0.3, -0.25) is 14.1 Å². The number of aromatic hydroxyl groups is 2. The molecule has 0 aliphatic rings. The molecule has 2 aromatic heterocycles. The molecular formula is C19H21N3O4. The third-order valence-electron chi connectivity index (χ3n) is 4.24. The van der Waals surface area contributed by atoms with Gasteiger partial charge in [0.1, 0.15) is 5.75 Å². The van der Waals surface area contributed by atoms with Crippen LogP contribution in [0.3, 0.4) is 0 Å². The highest BCUT2D eigenvalue weighted by molar-refractivity contribution is 5.52. The quantitative estimate of drug-likeness (QED) is 0.622. The van der Waals surface area contributed by atoms with Gasteiger partial charge < -0.3 is 15.3 Å². The second-order valence-electron chi connectivity index (χ2n) is 6.11. The van der Waals surface area contributed by atoms with Crippen molar-refractivity contribution in [3.05, 3.63) is 70.3 Å². The number of hydrogen-bond acceptors (Lipinski definition) is 6. The molecule has 2 heterocycles. The number of likely N-dealkylation sites (N-methyl/N-ethyl adjacent to an activating group) is 1. The Morgan fingerprint density at radius 1 is 1.19 bits per heavy atom. The topological polar surface area (TPSA) is 98.3 Å². The maximum absolute atomic E-state index is 12.2. The minimum absolute atomic E-state index is 0.0608. The van der Waals surface area contributed by atoms with Crippen LogP contribution in [0.15, 0.2) is 53.5 Å². The maximum atomic E-state index is 12.2. The van der Waals surface area contributed by atoms with E-state index in [4.69, 9.17) is 0 Å². The molecule has 1 atom stereocenters. The monoisotopic (exact) mass is 355 g/mol. The third kappa shape index (κ3) is 3.84. The molecule has 0 bridgehead atoms. The summed E-state index contributed by atoms with van der Waals surface area (Å²) in [5, 5.41) is 29.9. The van der Waals surface area contributed by atoms with E-state index in [9.17, 15) is 20.1 Å². The molecule has 0 aliphatic carbocycles. The van der Waals surface area contributed by atoms with Gasteiger partial charge in [0, 0.05) is 25.4 Å². The molecule has 0 unspecified atom stereocenters. The van der Waals surface area contributed by atoms with Crippen LogP contribution in [0.2, 0.25) is 0 Å². The summed E-state index contributed by atoms with van der Waals surface area (Å²) in [6.07, 6.45) is 0.772. The van der Waals surface area contributed by atoms with Gasteiger partial charge in [-0.05, 0) is 36.4 Å². The number of benzene rings is 1. The van der Waals surface area contributed by atoms with E-state index in [1.54, 1.807) is 30.5 Å². The minimum Gasteiger partial charge on any atom is -0.508 e. The molecule has 0 radical (unpaired) electrons. The predicted octanol–water partition coefficient (Wildman–Crippen LogP) is 1.66. The number of pyridine rings is 1. The normalized spacial score (nSPS) is 12.6. The maximum Gasteiger partial charge on any atom is 0.258 e. The Kier molecular flexibility index (Phi) is 5.20. The van der Waals surface area contributed by atoms with Gasteiger partial charge >= 0.3 is 0 Å². The van der Waals surface area contributed by atoms with Gasteiger partial charge in [0.25, 0.3) is 5.56 Å². The van der Waals surface area contributed by atoms with Gasteiger partial charge in [0.2, 0.25) is 0 Å². The average molecular weight is 355 g/mol. The summed E-state index contributed by atoms with van der Waals surface area (Å²) < 4.78 is 1.29. The van der Waals surface area contributed by atoms with E-state index in [1.807, 2.05) is 11.8 Å². The zero-order chi connectivity index (χ0) is 18.7. The molecular weight excluding hydrogens is 334 g/mol. The van der Waals surface area contributed by atoms with Crippen LogP contribution >= 0.6 is 0 Å². The Balaban J connectivity index is 1.81. The van der Waals surface area contributed by atoms with E-state index in [0.29, 0.717) is 30.9 Å². The van der Waals surface area contributed by atoms with Gasteiger partial charge in [-0.2, -0.15) is 0 Å². The third-order valence-corrected chi connectivity index (χ3v) is 4.24. The zero-order valence-electron chi connectivity index (χ0n) is 14.4. The molecule has 26 heavy (non-hydrogen) atoms. The van der Waals surface area contributed by atoms with Crippen LogP contribution in [0.4, 0.5) is 0 Å². The van der Waals surface area contributed by atoms with Crippen LogP contribution in [-0.4, -0.2) is 42.7 Å². The first-order chi connectivity index (χ1) is 12.5. The summed E-state index contributed by atoms with van der Waals surface area (Å²) in [6.45, 7) is 3.26. The summed E-state index contributed by atoms with van der Waals surface area (Å²) >= 11 is 0. The molecule has 136 valence electrons. The molecule has 0 fully saturated rings. The molecule has 1 aromatic carbocycles. The summed E-state index contributed by atoms with van der Waals surface area (Å²) in [7, 11) is 0. The lowest BCUT2D eigenvalue weighted by Crippen LogP contribution is -2.29. The van der Waals surface area contributed by atoms with Crippen molar-refractivity contribution in [2.45, 2.75) is 19.6 Å². The number of fused-ring (bicyclic) bond motifs is 1. The lowest BCUT2D eigenvalue weighted by molar-refractivity contribution is 0.111. The fourth-order valence-corrected chi connectivity index (χ4v) is 2.86. The van der Waals surface area contributed by atoms with Crippen LogP contribution in [0.1, 0.15) is 24.3 Å². The van der Waals surface area contributed by atoms with E-state index in [1.165, 1.54) is 22.6 Å². The van der Waals surface area contributed by atoms with Gasteiger partial charge in [-0.15, -0.1) is 0 Å². The standard InChI is InChI=1S/C19H21N3O4/c1-2-21(12-17(25)13-5-3-6-15(23)9-13)11-14-10-18(26)22-8-4-7-16(24)19(22)20-14/h3-10,17,23-25H,2,11-12H2,1H3/t17-/m0/s1. The average Bonchev–Trinajstić information content (AvgIpc) is 2.62. The number of aromatic nitrogens is 2. The molecule has 3 rings (SSSR count). The van der Waals surface area contributed by atoms with Crippen LogP contribution in [0, 0.1) is 0 Å². The number of phenolic OH excluding ortho intramolecular Hbond substituents is 1. The van der Waals surface area contributed by atoms with Crippen molar-refractivity contribution in [1.29, 1.82) is 0 Å². The van der Waals surface area contributed by atoms with Crippen molar-refractivity contribution in [2.75, 3.05) is 13.1 Å². The van der Waals surface area contributed by atoms with Gasteiger partial charge in [0.05, 0.1) is 11.8 Å². The van der Waals surface area contributed by atoms with Crippen molar-refractivity contribution >= 4 is 5.65 Å². The molecule has 0 saturated heterocycles. The van der Waals surface area contributed by atoms with E-state index in [-0.39, 0.29) is 22.7 Å². The number of phenols is 1. The van der Waals surface area contributed by atoms with E-state index >= 15 is 0 Å². The van der Waals surface area contributed by atoms with Crippen molar-refractivity contribution < 1.29 is 15.3 Å². The summed E-state index contributed by atoms with van der Waals surface area (Å²) in [4.78, 5) is 18.5. The molecule has 0 saturated carbocycles. The SMILES string of the molecule is CCN(Cc1cc(=O)n2cccc(O)c2n1)C[C@H](O)c1cccc(O)c1. The minimum atomic E-state index is -0.781. The molecule has 3 N–H and O–H groups in total. The number of aliphatic hydroxyl groups excluding tert-OH is 1. The Morgan fingerprint density at radius 3 is 2.73 bits per heavy atom. The lowest BCUT2D eigenvalue weighted by atomic mass is 10.1. The van der Waals surface area contributed by atoms with E-state index < -0.39 is 6.10 Å². The second-order valence-corrected chi connectivity index (χ2v) is 6.11. The van der Waals surface area contributed by atoms with Crippen molar-refractivity contribution in [3.63, 3.8) is 0 Å². The number of hydrogen-bond donors (Lipinski definition) is 3.